The average Bonchev–Trinajstić information content (AvgIpc) is 2.75. The third-order valence-electron chi connectivity index (χ3n) is 8.29. The molecule has 0 saturated heterocycles. The van der Waals surface area contributed by atoms with Crippen molar-refractivity contribution in [1.82, 2.24) is 0 Å². The number of aliphatic hydroxyl groups is 2. The maximum atomic E-state index is 13.3. The minimum atomic E-state index is -0.599. The fraction of sp³-hybridized carbons (Fsp3) is 0.850. The highest BCUT2D eigenvalue weighted by molar-refractivity contribution is 5.85. The first-order chi connectivity index (χ1) is 10.9. The molecule has 2 bridgehead atoms. The smallest absolute Gasteiger partial charge is 0.137 e. The molecule has 0 unspecified atom stereocenters. The van der Waals surface area contributed by atoms with E-state index in [1.165, 1.54) is 18.4 Å². The fourth-order valence-corrected chi connectivity index (χ4v) is 7.57. The molecular formula is C20H30O3. The van der Waals surface area contributed by atoms with Gasteiger partial charge in [0.25, 0.3) is 0 Å². The molecule has 4 aliphatic rings. The van der Waals surface area contributed by atoms with Gasteiger partial charge in [0.05, 0.1) is 13.2 Å². The Bertz CT molecular complexity index is 549. The van der Waals surface area contributed by atoms with Crippen molar-refractivity contribution in [2.45, 2.75) is 58.3 Å². The van der Waals surface area contributed by atoms with Crippen LogP contribution in [0.15, 0.2) is 12.2 Å². The molecule has 0 aromatic rings. The first kappa shape index (κ1) is 15.8. The van der Waals surface area contributed by atoms with Gasteiger partial charge in [0.2, 0.25) is 0 Å². The van der Waals surface area contributed by atoms with Crippen molar-refractivity contribution in [3.05, 3.63) is 12.2 Å². The summed E-state index contributed by atoms with van der Waals surface area (Å²) in [5.41, 5.74) is 0.845. The molecule has 0 heterocycles. The van der Waals surface area contributed by atoms with Gasteiger partial charge in [-0.05, 0) is 61.2 Å². The number of rotatable bonds is 2. The Morgan fingerprint density at radius 1 is 1.17 bits per heavy atom. The molecular weight excluding hydrogens is 288 g/mol. The van der Waals surface area contributed by atoms with Crippen LogP contribution in [0.3, 0.4) is 0 Å². The second kappa shape index (κ2) is 4.92. The zero-order valence-corrected chi connectivity index (χ0v) is 14.3. The van der Waals surface area contributed by atoms with Crippen LogP contribution in [0.2, 0.25) is 0 Å². The van der Waals surface area contributed by atoms with Crippen molar-refractivity contribution in [2.75, 3.05) is 13.2 Å². The molecule has 0 aromatic heterocycles. The first-order valence-corrected chi connectivity index (χ1v) is 9.33. The first-order valence-electron chi connectivity index (χ1n) is 9.33. The van der Waals surface area contributed by atoms with E-state index in [2.05, 4.69) is 13.5 Å². The minimum absolute atomic E-state index is 0.0609. The van der Waals surface area contributed by atoms with Gasteiger partial charge in [-0.15, -0.1) is 0 Å². The molecule has 5 atom stereocenters. The molecule has 3 nitrogen and oxygen atoms in total. The minimum Gasteiger partial charge on any atom is -0.396 e. The van der Waals surface area contributed by atoms with Crippen molar-refractivity contribution in [1.29, 1.82) is 0 Å². The van der Waals surface area contributed by atoms with E-state index in [1.807, 2.05) is 0 Å². The molecule has 0 radical (unpaired) electrons. The zero-order chi connectivity index (χ0) is 16.5. The Kier molecular flexibility index (Phi) is 3.39. The molecule has 4 aliphatic carbocycles. The summed E-state index contributed by atoms with van der Waals surface area (Å²) in [5.74, 6) is 1.32. The summed E-state index contributed by atoms with van der Waals surface area (Å²) in [6.45, 7) is 6.47. The fourth-order valence-electron chi connectivity index (χ4n) is 7.57. The summed E-state index contributed by atoms with van der Waals surface area (Å²) in [6, 6.07) is 0. The van der Waals surface area contributed by atoms with Crippen molar-refractivity contribution in [2.24, 2.45) is 34.0 Å². The van der Waals surface area contributed by atoms with Crippen LogP contribution in [0, 0.1) is 34.0 Å². The lowest BCUT2D eigenvalue weighted by molar-refractivity contribution is -0.184. The van der Waals surface area contributed by atoms with Crippen LogP contribution in [0.25, 0.3) is 0 Å². The van der Waals surface area contributed by atoms with Crippen LogP contribution >= 0.6 is 0 Å². The number of fused-ring (bicyclic) bond motifs is 3. The molecule has 4 rings (SSSR count). The van der Waals surface area contributed by atoms with Gasteiger partial charge in [-0.2, -0.15) is 0 Å². The van der Waals surface area contributed by atoms with E-state index in [4.69, 9.17) is 0 Å². The lowest BCUT2D eigenvalue weighted by Crippen LogP contribution is -2.62. The normalized spacial score (nSPS) is 48.0. The Labute approximate surface area is 139 Å². The predicted molar refractivity (Wildman–Crippen MR) is 88.7 cm³/mol. The Morgan fingerprint density at radius 3 is 2.61 bits per heavy atom. The van der Waals surface area contributed by atoms with Gasteiger partial charge in [0, 0.05) is 17.8 Å². The predicted octanol–water partition coefficient (Wildman–Crippen LogP) is 3.10. The van der Waals surface area contributed by atoms with Crippen LogP contribution in [0.5, 0.6) is 0 Å². The highest BCUT2D eigenvalue weighted by Gasteiger charge is 2.67. The van der Waals surface area contributed by atoms with E-state index in [-0.39, 0.29) is 30.0 Å². The number of allylic oxidation sites excluding steroid dienone is 1. The second-order valence-electron chi connectivity index (χ2n) is 9.34. The van der Waals surface area contributed by atoms with E-state index in [0.29, 0.717) is 24.0 Å². The largest absolute Gasteiger partial charge is 0.396 e. The van der Waals surface area contributed by atoms with Crippen molar-refractivity contribution in [3.63, 3.8) is 0 Å². The summed E-state index contributed by atoms with van der Waals surface area (Å²) >= 11 is 0. The Balaban J connectivity index is 1.80. The highest BCUT2D eigenvalue weighted by Crippen LogP contribution is 2.71. The summed E-state index contributed by atoms with van der Waals surface area (Å²) in [7, 11) is 0. The van der Waals surface area contributed by atoms with Gasteiger partial charge in [-0.3, -0.25) is 4.79 Å². The topological polar surface area (TPSA) is 57.5 Å². The SMILES string of the molecule is C=C1C[C@]23CC(=O)[C@@H]4C(CO)(CO)CCC[C@@]4(C)[C@H]2CC[C@H]1C3. The van der Waals surface area contributed by atoms with E-state index in [9.17, 15) is 15.0 Å². The third-order valence-corrected chi connectivity index (χ3v) is 8.29. The molecule has 128 valence electrons. The zero-order valence-electron chi connectivity index (χ0n) is 14.3. The van der Waals surface area contributed by atoms with Crippen LogP contribution in [-0.4, -0.2) is 29.2 Å². The molecule has 4 saturated carbocycles. The van der Waals surface area contributed by atoms with Crippen molar-refractivity contribution in [3.8, 4) is 0 Å². The summed E-state index contributed by atoms with van der Waals surface area (Å²) in [6.07, 6.45) is 8.09. The molecule has 0 aromatic carbocycles. The lowest BCUT2D eigenvalue weighted by atomic mass is 9.40. The number of hydrogen-bond acceptors (Lipinski definition) is 3. The van der Waals surface area contributed by atoms with Gasteiger partial charge in [-0.25, -0.2) is 0 Å². The number of ketones is 1. The van der Waals surface area contributed by atoms with Crippen LogP contribution < -0.4 is 0 Å². The van der Waals surface area contributed by atoms with Gasteiger partial charge in [0.15, 0.2) is 0 Å². The van der Waals surface area contributed by atoms with E-state index >= 15 is 0 Å². The summed E-state index contributed by atoms with van der Waals surface area (Å²) in [4.78, 5) is 13.3. The Morgan fingerprint density at radius 2 is 1.91 bits per heavy atom. The third kappa shape index (κ3) is 1.87. The monoisotopic (exact) mass is 318 g/mol. The molecule has 0 amide bonds. The van der Waals surface area contributed by atoms with E-state index < -0.39 is 5.41 Å². The number of Topliss-reactive ketones (excluding diaryl/α,β-unsaturated/α-hetero) is 1. The lowest BCUT2D eigenvalue weighted by Gasteiger charge is -2.63. The van der Waals surface area contributed by atoms with Crippen molar-refractivity contribution >= 4 is 5.78 Å². The standard InChI is InChI=1S/C20H30O3/c1-13-8-20-9-14(13)4-5-16(20)18(2)6-3-7-19(11-21,12-22)17(18)15(23)10-20/h14,16-17,21-22H,1,3-12H2,2H3/t14-,16+,17-,18-,20-/m0/s1. The van der Waals surface area contributed by atoms with Crippen LogP contribution in [0.4, 0.5) is 0 Å². The van der Waals surface area contributed by atoms with Crippen LogP contribution in [-0.2, 0) is 4.79 Å². The Hall–Kier alpha value is -0.670. The number of aliphatic hydroxyl groups excluding tert-OH is 2. The second-order valence-corrected chi connectivity index (χ2v) is 9.34. The molecule has 3 heteroatoms. The summed E-state index contributed by atoms with van der Waals surface area (Å²) in [5, 5.41) is 20.1. The summed E-state index contributed by atoms with van der Waals surface area (Å²) < 4.78 is 0. The van der Waals surface area contributed by atoms with E-state index in [0.717, 1.165) is 32.1 Å². The maximum absolute atomic E-state index is 13.3. The highest BCUT2D eigenvalue weighted by atomic mass is 16.3. The van der Waals surface area contributed by atoms with Gasteiger partial charge in [0.1, 0.15) is 5.78 Å². The molecule has 4 fully saturated rings. The number of carbonyl (C=O) groups is 1. The number of carbonyl (C=O) groups excluding carboxylic acids is 1. The van der Waals surface area contributed by atoms with Crippen LogP contribution in [0.1, 0.15) is 58.3 Å². The van der Waals surface area contributed by atoms with Gasteiger partial charge in [-0.1, -0.05) is 25.5 Å². The molecule has 23 heavy (non-hydrogen) atoms. The van der Waals surface area contributed by atoms with Gasteiger partial charge >= 0.3 is 0 Å². The molecule has 2 N–H and O–H groups in total. The molecule has 0 aliphatic heterocycles. The molecule has 1 spiro atoms. The number of hydrogen-bond donors (Lipinski definition) is 2. The van der Waals surface area contributed by atoms with Gasteiger partial charge < -0.3 is 10.2 Å². The van der Waals surface area contributed by atoms with Crippen molar-refractivity contribution < 1.29 is 15.0 Å². The quantitative estimate of drug-likeness (QED) is 0.769. The average molecular weight is 318 g/mol. The van der Waals surface area contributed by atoms with E-state index in [1.54, 1.807) is 0 Å². The maximum Gasteiger partial charge on any atom is 0.137 e.